The van der Waals surface area contributed by atoms with Gasteiger partial charge in [0.15, 0.2) is 0 Å². The highest BCUT2D eigenvalue weighted by molar-refractivity contribution is 5.07. The molecule has 1 heteroatoms. The highest BCUT2D eigenvalue weighted by atomic mass is 14.7. The first-order valence-electron chi connectivity index (χ1n) is 13.3. The quantitative estimate of drug-likeness (QED) is 0.517. The number of nitrogens with two attached hydrogens (primary N) is 1. The van der Waals surface area contributed by atoms with E-state index in [2.05, 4.69) is 20.8 Å². The van der Waals surface area contributed by atoms with Crippen molar-refractivity contribution in [3.8, 4) is 0 Å². The summed E-state index contributed by atoms with van der Waals surface area (Å²) in [6.45, 7) is 15.3. The lowest BCUT2D eigenvalue weighted by Crippen LogP contribution is -2.50. The van der Waals surface area contributed by atoms with Crippen LogP contribution in [0, 0.1) is 46.8 Å². The van der Waals surface area contributed by atoms with Gasteiger partial charge in [-0.05, 0) is 105 Å². The lowest BCUT2D eigenvalue weighted by molar-refractivity contribution is -0.0702. The van der Waals surface area contributed by atoms with Gasteiger partial charge in [0.25, 0.3) is 0 Å². The third kappa shape index (κ3) is 4.50. The van der Waals surface area contributed by atoms with Crippen molar-refractivity contribution in [2.75, 3.05) is 0 Å². The predicted molar refractivity (Wildman–Crippen MR) is 125 cm³/mol. The summed E-state index contributed by atoms with van der Waals surface area (Å²) in [6, 6.07) is 0.400. The van der Waals surface area contributed by atoms with Gasteiger partial charge in [-0.2, -0.15) is 0 Å². The average Bonchev–Trinajstić information content (AvgIpc) is 3.08. The van der Waals surface area contributed by atoms with Crippen LogP contribution in [0.3, 0.4) is 0 Å². The van der Waals surface area contributed by atoms with Gasteiger partial charge in [-0.3, -0.25) is 0 Å². The fourth-order valence-corrected chi connectivity index (χ4v) is 8.53. The van der Waals surface area contributed by atoms with Crippen LogP contribution in [0.5, 0.6) is 0 Å². The fourth-order valence-electron chi connectivity index (χ4n) is 8.53. The van der Waals surface area contributed by atoms with Crippen LogP contribution in [0.4, 0.5) is 0 Å². The largest absolute Gasteiger partial charge is 0.328 e. The molecule has 28 heavy (non-hydrogen) atoms. The number of hydrogen-bond acceptors (Lipinski definition) is 1. The van der Waals surface area contributed by atoms with E-state index in [0.29, 0.717) is 11.5 Å². The van der Waals surface area contributed by atoms with Crippen molar-refractivity contribution in [3.63, 3.8) is 0 Å². The van der Waals surface area contributed by atoms with E-state index < -0.39 is 0 Å². The summed E-state index contributed by atoms with van der Waals surface area (Å²) >= 11 is 0. The van der Waals surface area contributed by atoms with Crippen LogP contribution in [-0.2, 0) is 0 Å². The maximum absolute atomic E-state index is 6.41. The minimum absolute atomic E-state index is 0.400. The first-order valence-corrected chi connectivity index (χ1v) is 13.3. The molecule has 2 N–H and O–H groups in total. The Kier molecular flexibility index (Phi) is 9.37. The molecule has 0 radical (unpaired) electrons. The van der Waals surface area contributed by atoms with Gasteiger partial charge in [-0.25, -0.2) is 0 Å². The van der Waals surface area contributed by atoms with Gasteiger partial charge in [-0.1, -0.05) is 60.8 Å². The van der Waals surface area contributed by atoms with Crippen LogP contribution >= 0.6 is 0 Å². The zero-order valence-electron chi connectivity index (χ0n) is 20.5. The second-order valence-corrected chi connectivity index (χ2v) is 10.5. The fraction of sp³-hybridized carbons (Fsp3) is 1.00. The van der Waals surface area contributed by atoms with E-state index in [1.807, 2.05) is 27.7 Å². The van der Waals surface area contributed by atoms with E-state index >= 15 is 0 Å². The molecular weight excluding hydrogens is 338 g/mol. The number of hydrogen-bond donors (Lipinski definition) is 1. The van der Waals surface area contributed by atoms with Crippen molar-refractivity contribution in [3.05, 3.63) is 0 Å². The summed E-state index contributed by atoms with van der Waals surface area (Å²) in [7, 11) is 0. The second kappa shape index (κ2) is 10.8. The molecule has 1 nitrogen and oxygen atoms in total. The Balaban J connectivity index is 0.000000660. The summed E-state index contributed by atoms with van der Waals surface area (Å²) in [5, 5.41) is 0. The van der Waals surface area contributed by atoms with Crippen molar-refractivity contribution in [1.82, 2.24) is 0 Å². The summed E-state index contributed by atoms with van der Waals surface area (Å²) in [4.78, 5) is 0. The molecule has 4 rings (SSSR count). The molecule has 0 saturated heterocycles. The van der Waals surface area contributed by atoms with E-state index in [1.165, 1.54) is 38.5 Å². The molecule has 4 aliphatic carbocycles. The van der Waals surface area contributed by atoms with Crippen LogP contribution < -0.4 is 5.73 Å². The average molecular weight is 392 g/mol. The Morgan fingerprint density at radius 1 is 0.857 bits per heavy atom. The summed E-state index contributed by atoms with van der Waals surface area (Å²) in [5.74, 6) is 7.17. The van der Waals surface area contributed by atoms with Crippen molar-refractivity contribution >= 4 is 0 Å². The predicted octanol–water partition coefficient (Wildman–Crippen LogP) is 8.07. The monoisotopic (exact) mass is 391 g/mol. The molecule has 0 amide bonds. The van der Waals surface area contributed by atoms with Crippen LogP contribution in [0.2, 0.25) is 0 Å². The van der Waals surface area contributed by atoms with Crippen molar-refractivity contribution < 1.29 is 0 Å². The molecule has 0 aromatic rings. The van der Waals surface area contributed by atoms with Crippen LogP contribution in [-0.4, -0.2) is 6.04 Å². The molecule has 0 aromatic heterocycles. The molecule has 9 unspecified atom stereocenters. The second-order valence-electron chi connectivity index (χ2n) is 10.5. The smallest absolute Gasteiger partial charge is 0.00440 e. The Bertz CT molecular complexity index is 444. The molecule has 0 bridgehead atoms. The molecule has 0 heterocycles. The zero-order valence-corrected chi connectivity index (χ0v) is 20.5. The summed E-state index contributed by atoms with van der Waals surface area (Å²) in [5.41, 5.74) is 6.98. The molecule has 9 atom stereocenters. The van der Waals surface area contributed by atoms with Gasteiger partial charge in [0.1, 0.15) is 0 Å². The van der Waals surface area contributed by atoms with Gasteiger partial charge in [0.05, 0.1) is 0 Å². The van der Waals surface area contributed by atoms with Gasteiger partial charge < -0.3 is 5.73 Å². The van der Waals surface area contributed by atoms with E-state index in [1.54, 1.807) is 32.1 Å². The van der Waals surface area contributed by atoms with Crippen LogP contribution in [0.1, 0.15) is 119 Å². The zero-order chi connectivity index (χ0) is 20.9. The molecule has 0 aliphatic heterocycles. The molecule has 0 aromatic carbocycles. The Morgan fingerprint density at radius 2 is 1.54 bits per heavy atom. The van der Waals surface area contributed by atoms with E-state index in [4.69, 9.17) is 5.73 Å². The molecule has 166 valence electrons. The van der Waals surface area contributed by atoms with Crippen molar-refractivity contribution in [1.29, 1.82) is 0 Å². The molecule has 4 fully saturated rings. The van der Waals surface area contributed by atoms with Crippen molar-refractivity contribution in [2.45, 2.75) is 125 Å². The van der Waals surface area contributed by atoms with E-state index in [0.717, 1.165) is 41.4 Å². The Morgan fingerprint density at radius 3 is 2.18 bits per heavy atom. The molecule has 4 saturated carbocycles. The van der Waals surface area contributed by atoms with Crippen LogP contribution in [0.25, 0.3) is 0 Å². The van der Waals surface area contributed by atoms with E-state index in [9.17, 15) is 0 Å². The number of rotatable bonds is 3. The third-order valence-electron chi connectivity index (χ3n) is 9.47. The van der Waals surface area contributed by atoms with Gasteiger partial charge in [0.2, 0.25) is 0 Å². The number of fused-ring (bicyclic) bond motifs is 5. The minimum Gasteiger partial charge on any atom is -0.328 e. The first kappa shape index (κ1) is 24.2. The Labute approximate surface area is 178 Å². The molecule has 4 aliphatic rings. The van der Waals surface area contributed by atoms with Gasteiger partial charge in [0, 0.05) is 6.04 Å². The SMILES string of the molecule is CC.CC.CCCC1CCC2C(CCC3C2CCC2(C)C(C(C)N)CCC32)C1. The lowest BCUT2D eigenvalue weighted by Gasteiger charge is -2.56. The summed E-state index contributed by atoms with van der Waals surface area (Å²) in [6.07, 6.45) is 16.6. The van der Waals surface area contributed by atoms with Gasteiger partial charge >= 0.3 is 0 Å². The highest BCUT2D eigenvalue weighted by Crippen LogP contribution is 2.64. The maximum Gasteiger partial charge on any atom is 0.00440 e. The Hall–Kier alpha value is -0.0400. The normalized spacial score (nSPS) is 45.2. The minimum atomic E-state index is 0.400. The van der Waals surface area contributed by atoms with Crippen molar-refractivity contribution in [2.24, 2.45) is 52.6 Å². The van der Waals surface area contributed by atoms with Crippen LogP contribution in [0.15, 0.2) is 0 Å². The molecular formula is C27H53N. The maximum atomic E-state index is 6.41. The highest BCUT2D eigenvalue weighted by Gasteiger charge is 2.57. The van der Waals surface area contributed by atoms with Gasteiger partial charge in [-0.15, -0.1) is 0 Å². The van der Waals surface area contributed by atoms with E-state index in [-0.39, 0.29) is 0 Å². The molecule has 0 spiro atoms. The topological polar surface area (TPSA) is 26.0 Å². The standard InChI is InChI=1S/C23H41N.2C2H6/c1-4-5-16-6-8-18-17(14-16)7-9-20-19(18)12-13-23(3)21(15(2)24)10-11-22(20)23;2*1-2/h15-22H,4-14,24H2,1-3H3;2*1-2H3. The third-order valence-corrected chi connectivity index (χ3v) is 9.47. The summed E-state index contributed by atoms with van der Waals surface area (Å²) < 4.78 is 0. The lowest BCUT2D eigenvalue weighted by atomic mass is 9.49. The first-order chi connectivity index (χ1) is 13.5.